The number of ether oxygens (including phenoxy) is 1. The van der Waals surface area contributed by atoms with E-state index >= 15 is 0 Å². The predicted molar refractivity (Wildman–Crippen MR) is 77.5 cm³/mol. The molecule has 0 aliphatic heterocycles. The zero-order valence-corrected chi connectivity index (χ0v) is 12.8. The molecule has 0 aliphatic carbocycles. The number of benzene rings is 1. The van der Waals surface area contributed by atoms with Crippen LogP contribution >= 0.6 is 0 Å². The standard InChI is InChI=1S/C13H18F3NO.C2H6/c1-4-6-11(13(14,15)16)17-12-9(2)7-5-8-10(12)18-3;1-2/h5,7-8,11,17H,4,6H2,1-3H3;1-2H3. The first-order valence-corrected chi connectivity index (χ1v) is 6.87. The molecule has 0 amide bonds. The van der Waals surface area contributed by atoms with E-state index in [0.29, 0.717) is 17.9 Å². The van der Waals surface area contributed by atoms with Crippen LogP contribution in [0.3, 0.4) is 0 Å². The lowest BCUT2D eigenvalue weighted by Gasteiger charge is -2.24. The van der Waals surface area contributed by atoms with E-state index < -0.39 is 12.2 Å². The van der Waals surface area contributed by atoms with E-state index in [9.17, 15) is 13.2 Å². The zero-order valence-electron chi connectivity index (χ0n) is 12.8. The highest BCUT2D eigenvalue weighted by Crippen LogP contribution is 2.33. The summed E-state index contributed by atoms with van der Waals surface area (Å²) >= 11 is 0. The smallest absolute Gasteiger partial charge is 0.408 e. The molecule has 0 radical (unpaired) electrons. The zero-order chi connectivity index (χ0) is 15.8. The Bertz CT molecular complexity index is 391. The quantitative estimate of drug-likeness (QED) is 0.807. The van der Waals surface area contributed by atoms with Crippen molar-refractivity contribution in [1.82, 2.24) is 0 Å². The van der Waals surface area contributed by atoms with Crippen molar-refractivity contribution in [2.75, 3.05) is 12.4 Å². The van der Waals surface area contributed by atoms with E-state index in [-0.39, 0.29) is 6.42 Å². The minimum absolute atomic E-state index is 0.0426. The average molecular weight is 291 g/mol. The van der Waals surface area contributed by atoms with Gasteiger partial charge in [0.15, 0.2) is 0 Å². The van der Waals surface area contributed by atoms with Crippen LogP contribution in [-0.2, 0) is 0 Å². The first kappa shape index (κ1) is 18.6. The fourth-order valence-corrected chi connectivity index (χ4v) is 1.78. The van der Waals surface area contributed by atoms with Gasteiger partial charge in [-0.05, 0) is 25.0 Å². The van der Waals surface area contributed by atoms with Crippen LogP contribution in [0.5, 0.6) is 5.75 Å². The van der Waals surface area contributed by atoms with Crippen molar-refractivity contribution in [3.8, 4) is 5.75 Å². The van der Waals surface area contributed by atoms with Crippen molar-refractivity contribution in [3.63, 3.8) is 0 Å². The molecule has 1 N–H and O–H groups in total. The van der Waals surface area contributed by atoms with E-state index in [1.807, 2.05) is 13.8 Å². The van der Waals surface area contributed by atoms with Crippen LogP contribution in [0.25, 0.3) is 0 Å². The number of aryl methyl sites for hydroxylation is 1. The highest BCUT2D eigenvalue weighted by molar-refractivity contribution is 5.62. The maximum Gasteiger partial charge on any atom is 0.408 e. The van der Waals surface area contributed by atoms with Gasteiger partial charge in [-0.3, -0.25) is 0 Å². The Hall–Kier alpha value is -1.39. The molecule has 0 spiro atoms. The Morgan fingerprint density at radius 3 is 2.30 bits per heavy atom. The number of anilines is 1. The van der Waals surface area contributed by atoms with Crippen molar-refractivity contribution in [2.45, 2.75) is 52.8 Å². The Morgan fingerprint density at radius 2 is 1.85 bits per heavy atom. The first-order chi connectivity index (χ1) is 9.40. The van der Waals surface area contributed by atoms with Gasteiger partial charge in [-0.1, -0.05) is 39.3 Å². The van der Waals surface area contributed by atoms with E-state index in [4.69, 9.17) is 4.74 Å². The van der Waals surface area contributed by atoms with Gasteiger partial charge in [0, 0.05) is 0 Å². The van der Waals surface area contributed by atoms with Gasteiger partial charge in [0.25, 0.3) is 0 Å². The molecule has 1 rings (SSSR count). The molecule has 1 aromatic rings. The van der Waals surface area contributed by atoms with E-state index in [0.717, 1.165) is 5.56 Å². The lowest BCUT2D eigenvalue weighted by atomic mass is 10.1. The third-order valence-corrected chi connectivity index (χ3v) is 2.75. The number of alkyl halides is 3. The van der Waals surface area contributed by atoms with Crippen LogP contribution in [0.2, 0.25) is 0 Å². The molecular formula is C15H24F3NO. The normalized spacial score (nSPS) is 12.2. The molecule has 1 atom stereocenters. The minimum Gasteiger partial charge on any atom is -0.495 e. The van der Waals surface area contributed by atoms with Crippen LogP contribution in [0.4, 0.5) is 18.9 Å². The fourth-order valence-electron chi connectivity index (χ4n) is 1.78. The molecule has 0 heterocycles. The summed E-state index contributed by atoms with van der Waals surface area (Å²) in [6, 6.07) is 3.61. The molecule has 0 saturated carbocycles. The molecule has 1 unspecified atom stereocenters. The molecule has 0 saturated heterocycles. The Balaban J connectivity index is 0.00000172. The van der Waals surface area contributed by atoms with Gasteiger partial charge in [-0.2, -0.15) is 13.2 Å². The Labute approximate surface area is 119 Å². The molecule has 0 bridgehead atoms. The van der Waals surface area contributed by atoms with Crippen molar-refractivity contribution < 1.29 is 17.9 Å². The maximum atomic E-state index is 12.9. The predicted octanol–water partition coefficient (Wildman–Crippen LogP) is 5.17. The van der Waals surface area contributed by atoms with Crippen molar-refractivity contribution in [2.24, 2.45) is 0 Å². The summed E-state index contributed by atoms with van der Waals surface area (Å²) in [5.74, 6) is 0.431. The molecule has 1 aromatic carbocycles. The lowest BCUT2D eigenvalue weighted by molar-refractivity contribution is -0.143. The number of nitrogens with one attached hydrogen (secondary N) is 1. The van der Waals surface area contributed by atoms with Gasteiger partial charge >= 0.3 is 6.18 Å². The number of rotatable bonds is 5. The molecule has 5 heteroatoms. The van der Waals surface area contributed by atoms with Crippen LogP contribution in [0.15, 0.2) is 18.2 Å². The second kappa shape index (κ2) is 8.72. The first-order valence-electron chi connectivity index (χ1n) is 6.87. The minimum atomic E-state index is -4.26. The molecule has 0 aliphatic rings. The van der Waals surface area contributed by atoms with Crippen LogP contribution in [-0.4, -0.2) is 19.3 Å². The van der Waals surface area contributed by atoms with Gasteiger partial charge < -0.3 is 10.1 Å². The van der Waals surface area contributed by atoms with E-state index in [1.165, 1.54) is 7.11 Å². The third-order valence-electron chi connectivity index (χ3n) is 2.75. The Morgan fingerprint density at radius 1 is 1.25 bits per heavy atom. The van der Waals surface area contributed by atoms with Crippen molar-refractivity contribution in [1.29, 1.82) is 0 Å². The molecule has 116 valence electrons. The summed E-state index contributed by atoms with van der Waals surface area (Å²) in [7, 11) is 1.45. The van der Waals surface area contributed by atoms with Gasteiger partial charge in [0.2, 0.25) is 0 Å². The summed E-state index contributed by atoms with van der Waals surface area (Å²) in [5, 5.41) is 2.56. The second-order valence-electron chi connectivity index (χ2n) is 4.18. The van der Waals surface area contributed by atoms with Gasteiger partial charge in [0.1, 0.15) is 11.8 Å². The summed E-state index contributed by atoms with van der Waals surface area (Å²) in [6.07, 6.45) is -3.75. The SMILES string of the molecule is CC.CCCC(Nc1c(C)cccc1OC)C(F)(F)F. The van der Waals surface area contributed by atoms with E-state index in [2.05, 4.69) is 5.32 Å². The number of hydrogen-bond acceptors (Lipinski definition) is 2. The number of para-hydroxylation sites is 1. The molecule has 20 heavy (non-hydrogen) atoms. The second-order valence-corrected chi connectivity index (χ2v) is 4.18. The number of hydrogen-bond donors (Lipinski definition) is 1. The molecule has 0 fully saturated rings. The fraction of sp³-hybridized carbons (Fsp3) is 0.600. The van der Waals surface area contributed by atoms with Gasteiger partial charge in [-0.15, -0.1) is 0 Å². The molecule has 0 aromatic heterocycles. The molecular weight excluding hydrogens is 267 g/mol. The summed E-state index contributed by atoms with van der Waals surface area (Å²) in [6.45, 7) is 7.49. The maximum absolute atomic E-state index is 12.9. The van der Waals surface area contributed by atoms with Gasteiger partial charge in [-0.25, -0.2) is 0 Å². The summed E-state index contributed by atoms with van der Waals surface area (Å²) in [4.78, 5) is 0. The van der Waals surface area contributed by atoms with Crippen molar-refractivity contribution in [3.05, 3.63) is 23.8 Å². The number of halogens is 3. The highest BCUT2D eigenvalue weighted by Gasteiger charge is 2.39. The Kier molecular flexibility index (Phi) is 8.11. The highest BCUT2D eigenvalue weighted by atomic mass is 19.4. The topological polar surface area (TPSA) is 21.3 Å². The monoisotopic (exact) mass is 291 g/mol. The summed E-state index contributed by atoms with van der Waals surface area (Å²) in [5.41, 5.74) is 1.15. The summed E-state index contributed by atoms with van der Waals surface area (Å²) < 4.78 is 43.7. The van der Waals surface area contributed by atoms with Gasteiger partial charge in [0.05, 0.1) is 12.8 Å². The molecule has 2 nitrogen and oxygen atoms in total. The average Bonchev–Trinajstić information content (AvgIpc) is 2.41. The van der Waals surface area contributed by atoms with Crippen LogP contribution in [0, 0.1) is 6.92 Å². The van der Waals surface area contributed by atoms with Crippen molar-refractivity contribution >= 4 is 5.69 Å². The third kappa shape index (κ3) is 5.31. The van der Waals surface area contributed by atoms with E-state index in [1.54, 1.807) is 32.0 Å². The number of methoxy groups -OCH3 is 1. The lowest BCUT2D eigenvalue weighted by Crippen LogP contribution is -2.36. The van der Waals surface area contributed by atoms with Crippen LogP contribution in [0.1, 0.15) is 39.2 Å². The largest absolute Gasteiger partial charge is 0.495 e. The van der Waals surface area contributed by atoms with Crippen LogP contribution < -0.4 is 10.1 Å².